The SMILES string of the molecule is CN1C(=O)c2ccc(C(=O)OC[C@H]3CCCC(F)(F)C3)cc2C1=O. The van der Waals surface area contributed by atoms with Crippen LogP contribution in [0.5, 0.6) is 0 Å². The van der Waals surface area contributed by atoms with Crippen LogP contribution in [-0.2, 0) is 4.74 Å². The summed E-state index contributed by atoms with van der Waals surface area (Å²) in [5.74, 6) is -4.63. The van der Waals surface area contributed by atoms with Crippen LogP contribution in [-0.4, -0.2) is 42.3 Å². The topological polar surface area (TPSA) is 63.7 Å². The Labute approximate surface area is 137 Å². The summed E-state index contributed by atoms with van der Waals surface area (Å²) in [4.78, 5) is 36.8. The minimum atomic E-state index is -2.69. The lowest BCUT2D eigenvalue weighted by atomic mass is 9.87. The summed E-state index contributed by atoms with van der Waals surface area (Å²) in [7, 11) is 1.37. The Morgan fingerprint density at radius 2 is 2.00 bits per heavy atom. The van der Waals surface area contributed by atoms with Crippen molar-refractivity contribution in [1.29, 1.82) is 0 Å². The lowest BCUT2D eigenvalue weighted by Gasteiger charge is -2.28. The molecule has 1 aliphatic heterocycles. The van der Waals surface area contributed by atoms with Gasteiger partial charge in [0, 0.05) is 19.9 Å². The van der Waals surface area contributed by atoms with Crippen LogP contribution >= 0.6 is 0 Å². The van der Waals surface area contributed by atoms with Gasteiger partial charge in [-0.3, -0.25) is 14.5 Å². The molecule has 1 atom stereocenters. The minimum Gasteiger partial charge on any atom is -0.462 e. The Morgan fingerprint density at radius 1 is 1.29 bits per heavy atom. The number of rotatable bonds is 3. The van der Waals surface area contributed by atoms with Crippen LogP contribution < -0.4 is 0 Å². The number of hydrogen-bond donors (Lipinski definition) is 0. The smallest absolute Gasteiger partial charge is 0.338 e. The van der Waals surface area contributed by atoms with Gasteiger partial charge in [0.25, 0.3) is 11.8 Å². The molecule has 24 heavy (non-hydrogen) atoms. The molecule has 1 heterocycles. The molecule has 1 aromatic carbocycles. The van der Waals surface area contributed by atoms with E-state index in [9.17, 15) is 23.2 Å². The first-order valence-corrected chi connectivity index (χ1v) is 7.80. The van der Waals surface area contributed by atoms with E-state index in [0.717, 1.165) is 4.90 Å². The molecule has 128 valence electrons. The van der Waals surface area contributed by atoms with Crippen molar-refractivity contribution < 1.29 is 27.9 Å². The fraction of sp³-hybridized carbons (Fsp3) is 0.471. The van der Waals surface area contributed by atoms with E-state index < -0.39 is 23.7 Å². The minimum absolute atomic E-state index is 0.0711. The maximum Gasteiger partial charge on any atom is 0.338 e. The predicted molar refractivity (Wildman–Crippen MR) is 80.1 cm³/mol. The van der Waals surface area contributed by atoms with Crippen molar-refractivity contribution in [3.63, 3.8) is 0 Å². The predicted octanol–water partition coefficient (Wildman–Crippen LogP) is 2.89. The lowest BCUT2D eigenvalue weighted by Crippen LogP contribution is -2.29. The van der Waals surface area contributed by atoms with Gasteiger partial charge in [0.2, 0.25) is 5.92 Å². The molecule has 1 saturated carbocycles. The highest BCUT2D eigenvalue weighted by atomic mass is 19.3. The molecular weight excluding hydrogens is 320 g/mol. The van der Waals surface area contributed by atoms with Gasteiger partial charge in [-0.05, 0) is 37.0 Å². The van der Waals surface area contributed by atoms with Crippen molar-refractivity contribution in [3.8, 4) is 0 Å². The second-order valence-corrected chi connectivity index (χ2v) is 6.35. The third-order valence-electron chi connectivity index (χ3n) is 4.52. The number of amides is 2. The molecule has 3 rings (SSSR count). The second kappa shape index (κ2) is 5.96. The average Bonchev–Trinajstić information content (AvgIpc) is 2.76. The first kappa shape index (κ1) is 16.5. The first-order valence-electron chi connectivity index (χ1n) is 7.80. The van der Waals surface area contributed by atoms with Gasteiger partial charge < -0.3 is 4.74 Å². The van der Waals surface area contributed by atoms with Gasteiger partial charge >= 0.3 is 5.97 Å². The summed E-state index contributed by atoms with van der Waals surface area (Å²) in [6.07, 6.45) is 0.621. The normalized spacial score (nSPS) is 22.5. The zero-order valence-electron chi connectivity index (χ0n) is 13.2. The standard InChI is InChI=1S/C17H17F2NO4/c1-20-14(21)12-5-4-11(7-13(12)15(20)22)16(23)24-9-10-3-2-6-17(18,19)8-10/h4-5,7,10H,2-3,6,8-9H2,1H3/t10-/m0/s1. The fourth-order valence-corrected chi connectivity index (χ4v) is 3.18. The summed E-state index contributed by atoms with van der Waals surface area (Å²) >= 11 is 0. The van der Waals surface area contributed by atoms with Crippen molar-refractivity contribution in [1.82, 2.24) is 4.90 Å². The molecule has 0 spiro atoms. The van der Waals surface area contributed by atoms with Gasteiger partial charge in [-0.1, -0.05) is 0 Å². The van der Waals surface area contributed by atoms with Crippen LogP contribution in [0.4, 0.5) is 8.78 Å². The molecule has 0 aromatic heterocycles. The van der Waals surface area contributed by atoms with E-state index >= 15 is 0 Å². The Balaban J connectivity index is 1.66. The van der Waals surface area contributed by atoms with E-state index in [4.69, 9.17) is 4.74 Å². The quantitative estimate of drug-likeness (QED) is 0.628. The highest BCUT2D eigenvalue weighted by Gasteiger charge is 2.37. The number of alkyl halides is 2. The molecule has 1 aliphatic carbocycles. The van der Waals surface area contributed by atoms with E-state index in [-0.39, 0.29) is 42.1 Å². The van der Waals surface area contributed by atoms with Gasteiger partial charge in [0.05, 0.1) is 23.3 Å². The monoisotopic (exact) mass is 337 g/mol. The highest BCUT2D eigenvalue weighted by Crippen LogP contribution is 2.36. The van der Waals surface area contributed by atoms with Gasteiger partial charge in [0.1, 0.15) is 0 Å². The largest absolute Gasteiger partial charge is 0.462 e. The molecule has 0 bridgehead atoms. The summed E-state index contributed by atoms with van der Waals surface area (Å²) in [6, 6.07) is 4.13. The molecule has 1 fully saturated rings. The van der Waals surface area contributed by atoms with Gasteiger partial charge in [0.15, 0.2) is 0 Å². The molecule has 2 amide bonds. The Hall–Kier alpha value is -2.31. The van der Waals surface area contributed by atoms with Crippen molar-refractivity contribution >= 4 is 17.8 Å². The first-order chi connectivity index (χ1) is 11.3. The zero-order valence-corrected chi connectivity index (χ0v) is 13.2. The van der Waals surface area contributed by atoms with Crippen LogP contribution in [0.1, 0.15) is 56.8 Å². The maximum atomic E-state index is 13.4. The number of imide groups is 1. The molecule has 1 aromatic rings. The number of carbonyl (C=O) groups excluding carboxylic acids is 3. The molecule has 0 unspecified atom stereocenters. The summed E-state index contributed by atoms with van der Waals surface area (Å²) in [5.41, 5.74) is 0.528. The zero-order chi connectivity index (χ0) is 17.5. The number of esters is 1. The van der Waals surface area contributed by atoms with Gasteiger partial charge in [-0.2, -0.15) is 0 Å². The molecule has 5 nitrogen and oxygen atoms in total. The van der Waals surface area contributed by atoms with Crippen molar-refractivity contribution in [2.75, 3.05) is 13.7 Å². The van der Waals surface area contributed by atoms with E-state index in [2.05, 4.69) is 0 Å². The van der Waals surface area contributed by atoms with Crippen LogP contribution in [0.3, 0.4) is 0 Å². The summed E-state index contributed by atoms with van der Waals surface area (Å²) < 4.78 is 31.8. The molecular formula is C17H17F2NO4. The van der Waals surface area contributed by atoms with Gasteiger partial charge in [-0.15, -0.1) is 0 Å². The number of nitrogens with zero attached hydrogens (tertiary/aromatic N) is 1. The van der Waals surface area contributed by atoms with E-state index in [1.807, 2.05) is 0 Å². The average molecular weight is 337 g/mol. The molecule has 0 radical (unpaired) electrons. The van der Waals surface area contributed by atoms with E-state index in [1.165, 1.54) is 25.2 Å². The second-order valence-electron chi connectivity index (χ2n) is 6.35. The number of ether oxygens (including phenoxy) is 1. The van der Waals surface area contributed by atoms with Crippen molar-refractivity contribution in [3.05, 3.63) is 34.9 Å². The van der Waals surface area contributed by atoms with Crippen LogP contribution in [0, 0.1) is 5.92 Å². The Bertz CT molecular complexity index is 717. The van der Waals surface area contributed by atoms with Crippen molar-refractivity contribution in [2.45, 2.75) is 31.6 Å². The number of halogens is 2. The van der Waals surface area contributed by atoms with Crippen LogP contribution in [0.25, 0.3) is 0 Å². The molecule has 0 N–H and O–H groups in total. The van der Waals surface area contributed by atoms with Crippen molar-refractivity contribution in [2.24, 2.45) is 5.92 Å². The number of hydrogen-bond acceptors (Lipinski definition) is 4. The highest BCUT2D eigenvalue weighted by molar-refractivity contribution is 6.21. The number of fused-ring (bicyclic) bond motifs is 1. The fourth-order valence-electron chi connectivity index (χ4n) is 3.18. The molecule has 2 aliphatic rings. The molecule has 7 heteroatoms. The summed E-state index contributed by atoms with van der Waals surface area (Å²) in [5, 5.41) is 0. The third kappa shape index (κ3) is 3.02. The van der Waals surface area contributed by atoms with Gasteiger partial charge in [-0.25, -0.2) is 13.6 Å². The van der Waals surface area contributed by atoms with Crippen LogP contribution in [0.2, 0.25) is 0 Å². The Morgan fingerprint density at radius 3 is 2.71 bits per heavy atom. The van der Waals surface area contributed by atoms with Crippen LogP contribution in [0.15, 0.2) is 18.2 Å². The van der Waals surface area contributed by atoms with E-state index in [1.54, 1.807) is 0 Å². The maximum absolute atomic E-state index is 13.4. The lowest BCUT2D eigenvalue weighted by molar-refractivity contribution is -0.0626. The summed E-state index contributed by atoms with van der Waals surface area (Å²) in [6.45, 7) is -0.0711. The third-order valence-corrected chi connectivity index (χ3v) is 4.52. The molecule has 0 saturated heterocycles. The van der Waals surface area contributed by atoms with E-state index in [0.29, 0.717) is 12.8 Å². The number of carbonyl (C=O) groups is 3. The number of benzene rings is 1. The Kier molecular flexibility index (Phi) is 4.11.